The van der Waals surface area contributed by atoms with Gasteiger partial charge in [0.25, 0.3) is 0 Å². The number of nitrogens with one attached hydrogen (secondary N) is 1. The molecule has 0 saturated carbocycles. The molecule has 0 aliphatic rings. The number of aromatic nitrogens is 3. The Morgan fingerprint density at radius 2 is 2.10 bits per heavy atom. The molecule has 0 fully saturated rings. The lowest BCUT2D eigenvalue weighted by Gasteiger charge is -2.10. The van der Waals surface area contributed by atoms with Crippen LogP contribution in [0.4, 0.5) is 5.82 Å². The minimum absolute atomic E-state index is 0.0183. The summed E-state index contributed by atoms with van der Waals surface area (Å²) in [6.45, 7) is 0.389. The van der Waals surface area contributed by atoms with E-state index in [-0.39, 0.29) is 18.3 Å². The first-order chi connectivity index (χ1) is 10.1. The Hall–Kier alpha value is -2.77. The van der Waals surface area contributed by atoms with Gasteiger partial charge in [-0.3, -0.25) is 4.79 Å². The van der Waals surface area contributed by atoms with Crippen LogP contribution in [0.5, 0.6) is 11.5 Å². The molecule has 0 aliphatic heterocycles. The molecule has 8 nitrogen and oxygen atoms in total. The Labute approximate surface area is 121 Å². The van der Waals surface area contributed by atoms with Crippen molar-refractivity contribution in [3.63, 3.8) is 0 Å². The van der Waals surface area contributed by atoms with Crippen molar-refractivity contribution in [3.8, 4) is 11.5 Å². The van der Waals surface area contributed by atoms with Gasteiger partial charge >= 0.3 is 0 Å². The minimum Gasteiger partial charge on any atom is -0.493 e. The molecule has 0 unspecified atom stereocenters. The summed E-state index contributed by atoms with van der Waals surface area (Å²) in [5, 5.41) is 10.5. The Morgan fingerprint density at radius 1 is 1.33 bits per heavy atom. The molecular weight excluding hydrogens is 274 g/mol. The van der Waals surface area contributed by atoms with Crippen LogP contribution in [0.25, 0.3) is 0 Å². The zero-order chi connectivity index (χ0) is 15.2. The third-order valence-corrected chi connectivity index (χ3v) is 2.78. The lowest BCUT2D eigenvalue weighted by molar-refractivity contribution is -0.122. The van der Waals surface area contributed by atoms with Crippen molar-refractivity contribution in [1.82, 2.24) is 20.3 Å². The van der Waals surface area contributed by atoms with Crippen molar-refractivity contribution in [2.75, 3.05) is 20.0 Å². The van der Waals surface area contributed by atoms with Gasteiger partial charge in [-0.2, -0.15) is 9.90 Å². The number of hydrogen-bond donors (Lipinski definition) is 2. The fourth-order valence-corrected chi connectivity index (χ4v) is 1.76. The summed E-state index contributed by atoms with van der Waals surface area (Å²) in [5.41, 5.74) is 6.32. The summed E-state index contributed by atoms with van der Waals surface area (Å²) < 4.78 is 10.4. The van der Waals surface area contributed by atoms with Crippen LogP contribution in [0.3, 0.4) is 0 Å². The highest BCUT2D eigenvalue weighted by atomic mass is 16.5. The lowest BCUT2D eigenvalue weighted by atomic mass is 10.2. The maximum Gasteiger partial charge on any atom is 0.243 e. The van der Waals surface area contributed by atoms with Crippen molar-refractivity contribution in [2.24, 2.45) is 0 Å². The van der Waals surface area contributed by atoms with E-state index in [9.17, 15) is 4.79 Å². The Bertz CT molecular complexity index is 626. The van der Waals surface area contributed by atoms with Gasteiger partial charge in [0.2, 0.25) is 5.91 Å². The van der Waals surface area contributed by atoms with E-state index in [1.165, 1.54) is 11.0 Å². The number of anilines is 1. The average molecular weight is 291 g/mol. The molecule has 0 saturated heterocycles. The highest BCUT2D eigenvalue weighted by Gasteiger charge is 2.07. The van der Waals surface area contributed by atoms with Crippen molar-refractivity contribution < 1.29 is 14.3 Å². The molecule has 2 aromatic rings. The second kappa shape index (κ2) is 6.60. The van der Waals surface area contributed by atoms with Gasteiger partial charge in [0.15, 0.2) is 17.3 Å². The smallest absolute Gasteiger partial charge is 0.243 e. The first-order valence-electron chi connectivity index (χ1n) is 6.25. The van der Waals surface area contributed by atoms with Crippen molar-refractivity contribution in [1.29, 1.82) is 0 Å². The molecule has 0 atom stereocenters. The molecular formula is C13H17N5O3. The zero-order valence-electron chi connectivity index (χ0n) is 11.9. The standard InChI is InChI=1S/C13H17N5O3/c1-20-10-4-3-9(5-11(10)21-2)6-15-13(19)8-18-16-7-12(14)17-18/h3-5,7H,6,8H2,1-2H3,(H2,14,17)(H,15,19). The van der Waals surface area contributed by atoms with E-state index in [4.69, 9.17) is 15.2 Å². The predicted molar refractivity (Wildman–Crippen MR) is 75.8 cm³/mol. The van der Waals surface area contributed by atoms with Crippen molar-refractivity contribution >= 4 is 11.7 Å². The maximum atomic E-state index is 11.8. The van der Waals surface area contributed by atoms with Gasteiger partial charge in [-0.05, 0) is 17.7 Å². The first-order valence-corrected chi connectivity index (χ1v) is 6.25. The largest absolute Gasteiger partial charge is 0.493 e. The molecule has 0 spiro atoms. The van der Waals surface area contributed by atoms with Gasteiger partial charge in [-0.15, -0.1) is 5.10 Å². The van der Waals surface area contributed by atoms with E-state index in [1.54, 1.807) is 20.3 Å². The van der Waals surface area contributed by atoms with Crippen LogP contribution in [-0.4, -0.2) is 35.1 Å². The molecule has 3 N–H and O–H groups in total. The molecule has 1 aromatic carbocycles. The number of amides is 1. The second-order valence-electron chi connectivity index (χ2n) is 4.27. The van der Waals surface area contributed by atoms with Crippen LogP contribution in [0, 0.1) is 0 Å². The normalized spacial score (nSPS) is 10.2. The summed E-state index contributed by atoms with van der Waals surface area (Å²) in [6, 6.07) is 5.45. The monoisotopic (exact) mass is 291 g/mol. The molecule has 8 heteroatoms. The molecule has 1 amide bonds. The van der Waals surface area contributed by atoms with Gasteiger partial charge < -0.3 is 20.5 Å². The molecule has 0 radical (unpaired) electrons. The third kappa shape index (κ3) is 3.85. The Kier molecular flexibility index (Phi) is 4.60. The number of hydrogen-bond acceptors (Lipinski definition) is 6. The quantitative estimate of drug-likeness (QED) is 0.787. The summed E-state index contributed by atoms with van der Waals surface area (Å²) in [7, 11) is 3.14. The number of nitrogens with zero attached hydrogens (tertiary/aromatic N) is 3. The Balaban J connectivity index is 1.91. The van der Waals surface area contributed by atoms with E-state index in [2.05, 4.69) is 15.5 Å². The summed E-state index contributed by atoms with van der Waals surface area (Å²) in [4.78, 5) is 13.0. The van der Waals surface area contributed by atoms with Crippen LogP contribution < -0.4 is 20.5 Å². The van der Waals surface area contributed by atoms with Crippen LogP contribution in [0.1, 0.15) is 5.56 Å². The number of benzene rings is 1. The third-order valence-electron chi connectivity index (χ3n) is 2.78. The first kappa shape index (κ1) is 14.6. The molecule has 1 aromatic heterocycles. The van der Waals surface area contributed by atoms with Crippen LogP contribution in [0.2, 0.25) is 0 Å². The van der Waals surface area contributed by atoms with Crippen molar-refractivity contribution in [3.05, 3.63) is 30.0 Å². The van der Waals surface area contributed by atoms with Crippen LogP contribution in [0.15, 0.2) is 24.4 Å². The van der Waals surface area contributed by atoms with E-state index in [1.807, 2.05) is 12.1 Å². The SMILES string of the molecule is COc1ccc(CNC(=O)Cn2ncc(N)n2)cc1OC. The van der Waals surface area contributed by atoms with Gasteiger partial charge in [-0.25, -0.2) is 0 Å². The number of rotatable bonds is 6. The number of nitrogen functional groups attached to an aromatic ring is 1. The van der Waals surface area contributed by atoms with Crippen LogP contribution >= 0.6 is 0 Å². The fourth-order valence-electron chi connectivity index (χ4n) is 1.76. The average Bonchev–Trinajstić information content (AvgIpc) is 2.89. The number of carbonyl (C=O) groups excluding carboxylic acids is 1. The topological polar surface area (TPSA) is 104 Å². The van der Waals surface area contributed by atoms with E-state index in [0.717, 1.165) is 5.56 Å². The van der Waals surface area contributed by atoms with Crippen molar-refractivity contribution in [2.45, 2.75) is 13.1 Å². The van der Waals surface area contributed by atoms with Gasteiger partial charge in [0.1, 0.15) is 6.54 Å². The highest BCUT2D eigenvalue weighted by Crippen LogP contribution is 2.27. The van der Waals surface area contributed by atoms with Gasteiger partial charge in [0.05, 0.1) is 20.4 Å². The second-order valence-corrected chi connectivity index (χ2v) is 4.27. The zero-order valence-corrected chi connectivity index (χ0v) is 11.9. The van der Waals surface area contributed by atoms with E-state index in [0.29, 0.717) is 18.0 Å². The Morgan fingerprint density at radius 3 is 2.71 bits per heavy atom. The molecule has 2 rings (SSSR count). The highest BCUT2D eigenvalue weighted by molar-refractivity contribution is 5.75. The van der Waals surface area contributed by atoms with Gasteiger partial charge in [-0.1, -0.05) is 6.07 Å². The maximum absolute atomic E-state index is 11.8. The summed E-state index contributed by atoms with van der Waals surface area (Å²) in [6.07, 6.45) is 1.39. The fraction of sp³-hybridized carbons (Fsp3) is 0.308. The van der Waals surface area contributed by atoms with Crippen LogP contribution in [-0.2, 0) is 17.9 Å². The number of carbonyl (C=O) groups is 1. The molecule has 21 heavy (non-hydrogen) atoms. The molecule has 1 heterocycles. The van der Waals surface area contributed by atoms with Gasteiger partial charge in [0, 0.05) is 6.54 Å². The number of ether oxygens (including phenoxy) is 2. The molecule has 0 bridgehead atoms. The minimum atomic E-state index is -0.208. The lowest BCUT2D eigenvalue weighted by Crippen LogP contribution is -2.28. The molecule has 112 valence electrons. The van der Waals surface area contributed by atoms with E-state index < -0.39 is 0 Å². The number of methoxy groups -OCH3 is 2. The van der Waals surface area contributed by atoms with E-state index >= 15 is 0 Å². The molecule has 0 aliphatic carbocycles. The number of nitrogens with two attached hydrogens (primary N) is 1. The predicted octanol–water partition coefficient (Wildman–Crippen LogP) is 0.194. The summed E-state index contributed by atoms with van der Waals surface area (Å²) >= 11 is 0. The summed E-state index contributed by atoms with van der Waals surface area (Å²) in [5.74, 6) is 1.33.